The van der Waals surface area contributed by atoms with Crippen LogP contribution in [0.4, 0.5) is 0 Å². The molecule has 0 aromatic heterocycles. The predicted octanol–water partition coefficient (Wildman–Crippen LogP) is -1.51. The summed E-state index contributed by atoms with van der Waals surface area (Å²) in [7, 11) is 0. The predicted molar refractivity (Wildman–Crippen MR) is 64.6 cm³/mol. The summed E-state index contributed by atoms with van der Waals surface area (Å²) in [5.41, 5.74) is 0. The number of hydrogen-bond acceptors (Lipinski definition) is 9. The molecule has 0 radical (unpaired) electrons. The molecule has 1 saturated heterocycles. The van der Waals surface area contributed by atoms with Gasteiger partial charge in [0, 0.05) is 20.8 Å². The van der Waals surface area contributed by atoms with Gasteiger partial charge in [-0.2, -0.15) is 0 Å². The highest BCUT2D eigenvalue weighted by atomic mass is 16.7. The highest BCUT2D eigenvalue weighted by molar-refractivity contribution is 5.68. The van der Waals surface area contributed by atoms with E-state index in [4.69, 9.17) is 18.9 Å². The molecule has 0 bridgehead atoms. The van der Waals surface area contributed by atoms with E-state index >= 15 is 0 Å². The average Bonchev–Trinajstić information content (AvgIpc) is 2.35. The first kappa shape index (κ1) is 17.3. The Bertz CT molecular complexity index is 408. The van der Waals surface area contributed by atoms with Gasteiger partial charge in [0.25, 0.3) is 0 Å². The maximum Gasteiger partial charge on any atom is 0.305 e. The molecule has 9 nitrogen and oxygen atoms in total. The van der Waals surface area contributed by atoms with E-state index in [2.05, 4.69) is 0 Å². The van der Waals surface area contributed by atoms with Gasteiger partial charge in [-0.05, 0) is 0 Å². The lowest BCUT2D eigenvalue weighted by atomic mass is 9.98. The molecule has 1 heterocycles. The molecule has 21 heavy (non-hydrogen) atoms. The Morgan fingerprint density at radius 1 is 0.952 bits per heavy atom. The smallest absolute Gasteiger partial charge is 0.305 e. The fourth-order valence-electron chi connectivity index (χ4n) is 1.96. The lowest BCUT2D eigenvalue weighted by molar-refractivity contribution is -0.296. The Morgan fingerprint density at radius 3 is 1.86 bits per heavy atom. The van der Waals surface area contributed by atoms with Gasteiger partial charge < -0.3 is 29.2 Å². The van der Waals surface area contributed by atoms with E-state index < -0.39 is 55.2 Å². The van der Waals surface area contributed by atoms with Gasteiger partial charge in [0.15, 0.2) is 18.3 Å². The fourth-order valence-corrected chi connectivity index (χ4v) is 1.96. The molecule has 120 valence electrons. The van der Waals surface area contributed by atoms with Gasteiger partial charge in [-0.1, -0.05) is 0 Å². The molecule has 1 aliphatic heterocycles. The van der Waals surface area contributed by atoms with Gasteiger partial charge in [0.1, 0.15) is 6.10 Å². The van der Waals surface area contributed by atoms with E-state index in [1.807, 2.05) is 0 Å². The van der Waals surface area contributed by atoms with E-state index in [1.54, 1.807) is 0 Å². The van der Waals surface area contributed by atoms with Crippen molar-refractivity contribution >= 4 is 17.9 Å². The fraction of sp³-hybridized carbons (Fsp3) is 0.750. The van der Waals surface area contributed by atoms with E-state index in [0.29, 0.717) is 0 Å². The molecule has 9 heteroatoms. The summed E-state index contributed by atoms with van der Waals surface area (Å²) >= 11 is 0. The van der Waals surface area contributed by atoms with Crippen molar-refractivity contribution in [2.24, 2.45) is 0 Å². The molecule has 0 aliphatic carbocycles. The quantitative estimate of drug-likeness (QED) is 0.470. The molecule has 5 atom stereocenters. The number of ether oxygens (including phenoxy) is 4. The lowest BCUT2D eigenvalue weighted by Crippen LogP contribution is -2.61. The van der Waals surface area contributed by atoms with Gasteiger partial charge in [-0.3, -0.25) is 14.4 Å². The molecular formula is C12H18O9. The Kier molecular flexibility index (Phi) is 6.06. The molecule has 0 saturated carbocycles. The summed E-state index contributed by atoms with van der Waals surface area (Å²) in [5.74, 6) is -2.18. The van der Waals surface area contributed by atoms with Crippen LogP contribution in [0, 0.1) is 0 Å². The van der Waals surface area contributed by atoms with Crippen LogP contribution in [0.2, 0.25) is 0 Å². The number of aliphatic hydroxyl groups is 2. The van der Waals surface area contributed by atoms with Crippen LogP contribution in [-0.4, -0.2) is 65.4 Å². The van der Waals surface area contributed by atoms with Crippen molar-refractivity contribution in [2.45, 2.75) is 51.5 Å². The first-order valence-corrected chi connectivity index (χ1v) is 6.22. The third-order valence-electron chi connectivity index (χ3n) is 2.68. The monoisotopic (exact) mass is 306 g/mol. The van der Waals surface area contributed by atoms with Gasteiger partial charge in [0.2, 0.25) is 6.29 Å². The summed E-state index contributed by atoms with van der Waals surface area (Å²) in [6, 6.07) is 0. The number of carbonyl (C=O) groups is 3. The second-order valence-corrected chi connectivity index (χ2v) is 4.47. The third-order valence-corrected chi connectivity index (χ3v) is 2.68. The summed E-state index contributed by atoms with van der Waals surface area (Å²) in [5, 5.41) is 19.4. The van der Waals surface area contributed by atoms with Crippen molar-refractivity contribution in [1.82, 2.24) is 0 Å². The van der Waals surface area contributed by atoms with Crippen molar-refractivity contribution < 1.29 is 43.5 Å². The minimum atomic E-state index is -1.56. The zero-order chi connectivity index (χ0) is 16.2. The van der Waals surface area contributed by atoms with Crippen LogP contribution in [0.1, 0.15) is 20.8 Å². The lowest BCUT2D eigenvalue weighted by Gasteiger charge is -2.42. The number of esters is 3. The number of rotatable bonds is 4. The minimum absolute atomic E-state index is 0.597. The van der Waals surface area contributed by atoms with E-state index in [1.165, 1.54) is 0 Å². The topological polar surface area (TPSA) is 129 Å². The van der Waals surface area contributed by atoms with Gasteiger partial charge in [0.05, 0.1) is 6.61 Å². The average molecular weight is 306 g/mol. The highest BCUT2D eigenvalue weighted by Gasteiger charge is 2.50. The van der Waals surface area contributed by atoms with E-state index in [9.17, 15) is 24.6 Å². The van der Waals surface area contributed by atoms with Crippen LogP contribution in [0.5, 0.6) is 0 Å². The molecule has 1 rings (SSSR count). The molecule has 0 aromatic rings. The molecule has 1 fully saturated rings. The van der Waals surface area contributed by atoms with Crippen LogP contribution >= 0.6 is 0 Å². The molecule has 0 spiro atoms. The Morgan fingerprint density at radius 2 is 1.43 bits per heavy atom. The molecular weight excluding hydrogens is 288 g/mol. The van der Waals surface area contributed by atoms with Gasteiger partial charge in [-0.15, -0.1) is 0 Å². The molecule has 0 unspecified atom stereocenters. The molecule has 0 amide bonds. The van der Waals surface area contributed by atoms with Crippen molar-refractivity contribution in [2.75, 3.05) is 6.61 Å². The van der Waals surface area contributed by atoms with Crippen LogP contribution in [0.25, 0.3) is 0 Å². The van der Waals surface area contributed by atoms with Crippen LogP contribution in [0.15, 0.2) is 0 Å². The number of carbonyl (C=O) groups excluding carboxylic acids is 3. The molecule has 0 aromatic carbocycles. The first-order valence-electron chi connectivity index (χ1n) is 6.22. The maximum absolute atomic E-state index is 11.1. The Labute approximate surface area is 120 Å². The van der Waals surface area contributed by atoms with Crippen molar-refractivity contribution in [3.63, 3.8) is 0 Å². The Hall–Kier alpha value is -1.71. The standard InChI is InChI=1S/C12H18O9/c1-5(14)18-10-8(4-13)21-12(20-7(3)16)9(17)11(10)19-6(2)15/h8-13,17H,4H2,1-3H3/t8-,9-,10-,11-,12-/m1/s1. The minimum Gasteiger partial charge on any atom is -0.456 e. The first-order chi connectivity index (χ1) is 9.76. The zero-order valence-corrected chi connectivity index (χ0v) is 11.8. The van der Waals surface area contributed by atoms with Crippen molar-refractivity contribution in [3.8, 4) is 0 Å². The molecule has 2 N–H and O–H groups in total. The third kappa shape index (κ3) is 4.66. The zero-order valence-electron chi connectivity index (χ0n) is 11.8. The van der Waals surface area contributed by atoms with Crippen molar-refractivity contribution in [1.29, 1.82) is 0 Å². The second-order valence-electron chi connectivity index (χ2n) is 4.47. The van der Waals surface area contributed by atoms with Crippen LogP contribution in [-0.2, 0) is 33.3 Å². The van der Waals surface area contributed by atoms with Gasteiger partial charge in [-0.25, -0.2) is 0 Å². The van der Waals surface area contributed by atoms with Gasteiger partial charge >= 0.3 is 17.9 Å². The normalized spacial score (nSPS) is 32.1. The Balaban J connectivity index is 3.01. The maximum atomic E-state index is 11.1. The number of hydrogen-bond donors (Lipinski definition) is 2. The largest absolute Gasteiger partial charge is 0.456 e. The number of aliphatic hydroxyl groups excluding tert-OH is 2. The van der Waals surface area contributed by atoms with Crippen LogP contribution < -0.4 is 0 Å². The highest BCUT2D eigenvalue weighted by Crippen LogP contribution is 2.27. The second kappa shape index (κ2) is 7.34. The summed E-state index contributed by atoms with van der Waals surface area (Å²) in [6.07, 6.45) is -6.69. The van der Waals surface area contributed by atoms with E-state index in [0.717, 1.165) is 20.8 Å². The van der Waals surface area contributed by atoms with Crippen LogP contribution in [0.3, 0.4) is 0 Å². The van der Waals surface area contributed by atoms with E-state index in [-0.39, 0.29) is 0 Å². The SMILES string of the molecule is CC(=O)O[C@@H]1O[C@H](CO)[C@@H](OC(C)=O)[C@H](OC(C)=O)[C@H]1O. The summed E-state index contributed by atoms with van der Waals surface area (Å²) < 4.78 is 19.8. The summed E-state index contributed by atoms with van der Waals surface area (Å²) in [6.45, 7) is 2.72. The molecule has 1 aliphatic rings. The van der Waals surface area contributed by atoms with Crippen molar-refractivity contribution in [3.05, 3.63) is 0 Å². The summed E-state index contributed by atoms with van der Waals surface area (Å²) in [4.78, 5) is 33.2.